The highest BCUT2D eigenvalue weighted by Crippen LogP contribution is 2.21. The Kier molecular flexibility index (Phi) is 6.91. The maximum absolute atomic E-state index is 12.3. The predicted octanol–water partition coefficient (Wildman–Crippen LogP) is 2.55. The van der Waals surface area contributed by atoms with Gasteiger partial charge in [-0.1, -0.05) is 43.8 Å². The lowest BCUT2D eigenvalue weighted by molar-refractivity contribution is -0.124. The molecule has 0 spiro atoms. The van der Waals surface area contributed by atoms with Crippen LogP contribution in [0, 0.1) is 5.92 Å². The van der Waals surface area contributed by atoms with E-state index in [2.05, 4.69) is 29.4 Å². The van der Waals surface area contributed by atoms with Gasteiger partial charge in [0, 0.05) is 19.6 Å². The maximum Gasteiger partial charge on any atom is 0.324 e. The van der Waals surface area contributed by atoms with E-state index in [-0.39, 0.29) is 17.7 Å². The molecule has 0 aliphatic carbocycles. The zero-order valence-corrected chi connectivity index (χ0v) is 16.9. The number of urea groups is 1. The number of ether oxygens (including phenoxy) is 1. The monoisotopic (exact) mass is 403 g/mol. The van der Waals surface area contributed by atoms with Crippen LogP contribution in [0.4, 0.5) is 4.79 Å². The molecule has 150 valence electrons. The van der Waals surface area contributed by atoms with E-state index in [9.17, 15) is 9.59 Å². The number of carbonyl (C=O) groups is 2. The van der Waals surface area contributed by atoms with Crippen molar-refractivity contribution in [2.75, 3.05) is 18.8 Å². The van der Waals surface area contributed by atoms with Gasteiger partial charge in [-0.25, -0.2) is 4.79 Å². The first-order valence-electron chi connectivity index (χ1n) is 9.35. The highest BCUT2D eigenvalue weighted by atomic mass is 32.2. The third-order valence-electron chi connectivity index (χ3n) is 4.32. The molecule has 0 unspecified atom stereocenters. The van der Waals surface area contributed by atoms with Gasteiger partial charge in [-0.3, -0.25) is 9.69 Å². The first-order valence-corrected chi connectivity index (χ1v) is 10.3. The molecule has 1 aromatic heterocycles. The molecule has 2 heterocycles. The van der Waals surface area contributed by atoms with E-state index < -0.39 is 0 Å². The summed E-state index contributed by atoms with van der Waals surface area (Å²) in [7, 11) is 0. The second-order valence-electron chi connectivity index (χ2n) is 6.90. The van der Waals surface area contributed by atoms with Gasteiger partial charge < -0.3 is 14.6 Å². The summed E-state index contributed by atoms with van der Waals surface area (Å²) in [6.07, 6.45) is 0.965. The molecule has 1 aliphatic rings. The van der Waals surface area contributed by atoms with Crippen molar-refractivity contribution in [3.8, 4) is 5.75 Å². The average Bonchev–Trinajstić information content (AvgIpc) is 3.29. The summed E-state index contributed by atoms with van der Waals surface area (Å²) in [5, 5.41) is 11.8. The number of hydrogen-bond acceptors (Lipinski definition) is 6. The second-order valence-corrected chi connectivity index (χ2v) is 7.84. The fourth-order valence-corrected chi connectivity index (χ4v) is 3.58. The highest BCUT2D eigenvalue weighted by Gasteiger charge is 2.26. The van der Waals surface area contributed by atoms with Crippen molar-refractivity contribution in [3.05, 3.63) is 36.2 Å². The van der Waals surface area contributed by atoms with Crippen LogP contribution in [0.3, 0.4) is 0 Å². The molecule has 1 fully saturated rings. The number of imide groups is 1. The summed E-state index contributed by atoms with van der Waals surface area (Å²) < 4.78 is 7.82. The summed E-state index contributed by atoms with van der Waals surface area (Å²) in [5.74, 6) is 1.94. The van der Waals surface area contributed by atoms with E-state index in [1.54, 1.807) is 0 Å². The molecule has 28 heavy (non-hydrogen) atoms. The molecule has 2 aromatic rings. The Labute approximate surface area is 168 Å². The Balaban J connectivity index is 1.66. The van der Waals surface area contributed by atoms with Crippen LogP contribution in [-0.2, 0) is 17.9 Å². The molecule has 0 radical (unpaired) electrons. The number of benzene rings is 1. The molecular weight excluding hydrogens is 378 g/mol. The van der Waals surface area contributed by atoms with E-state index in [4.69, 9.17) is 4.74 Å². The van der Waals surface area contributed by atoms with Crippen molar-refractivity contribution < 1.29 is 14.3 Å². The number of aromatic nitrogens is 3. The van der Waals surface area contributed by atoms with Gasteiger partial charge in [0.2, 0.25) is 5.91 Å². The first-order chi connectivity index (χ1) is 13.5. The summed E-state index contributed by atoms with van der Waals surface area (Å²) in [5.41, 5.74) is 0. The number of nitrogens with zero attached hydrogens (tertiary/aromatic N) is 4. The van der Waals surface area contributed by atoms with E-state index >= 15 is 0 Å². The molecule has 1 N–H and O–H groups in total. The largest absolute Gasteiger partial charge is 0.486 e. The first kappa shape index (κ1) is 20.2. The van der Waals surface area contributed by atoms with Gasteiger partial charge in [0.1, 0.15) is 12.4 Å². The molecule has 1 aliphatic heterocycles. The van der Waals surface area contributed by atoms with E-state index in [0.717, 1.165) is 24.5 Å². The lowest BCUT2D eigenvalue weighted by atomic mass is 10.1. The van der Waals surface area contributed by atoms with Crippen LogP contribution in [0.5, 0.6) is 5.75 Å². The molecule has 3 rings (SSSR count). The van der Waals surface area contributed by atoms with Gasteiger partial charge in [-0.15, -0.1) is 10.2 Å². The SMILES string of the molecule is CC(C)CCn1c(COc2ccccc2)nnc1SCC(=O)N1CCNC1=O. The number of para-hydroxylation sites is 1. The fourth-order valence-electron chi connectivity index (χ4n) is 2.72. The standard InChI is InChI=1S/C19H25N5O3S/c1-14(2)8-10-23-16(12-27-15-6-4-3-5-7-15)21-22-19(23)28-13-17(25)24-11-9-20-18(24)26/h3-7,14H,8-13H2,1-2H3,(H,20,26). The van der Waals surface area contributed by atoms with Crippen LogP contribution in [0.25, 0.3) is 0 Å². The zero-order valence-electron chi connectivity index (χ0n) is 16.1. The minimum Gasteiger partial charge on any atom is -0.486 e. The van der Waals surface area contributed by atoms with Gasteiger partial charge in [0.25, 0.3) is 0 Å². The van der Waals surface area contributed by atoms with Crippen LogP contribution >= 0.6 is 11.8 Å². The predicted molar refractivity (Wildman–Crippen MR) is 106 cm³/mol. The normalized spacial score (nSPS) is 13.8. The lowest BCUT2D eigenvalue weighted by Crippen LogP contribution is -2.35. The number of nitrogens with one attached hydrogen (secondary N) is 1. The Morgan fingerprint density at radius 3 is 2.75 bits per heavy atom. The second kappa shape index (κ2) is 9.59. The van der Waals surface area contributed by atoms with Crippen molar-refractivity contribution in [3.63, 3.8) is 0 Å². The van der Waals surface area contributed by atoms with Crippen molar-refractivity contribution in [2.24, 2.45) is 5.92 Å². The third kappa shape index (κ3) is 5.25. The van der Waals surface area contributed by atoms with Gasteiger partial charge in [-0.2, -0.15) is 0 Å². The Morgan fingerprint density at radius 1 is 1.29 bits per heavy atom. The van der Waals surface area contributed by atoms with Crippen LogP contribution < -0.4 is 10.1 Å². The fraction of sp³-hybridized carbons (Fsp3) is 0.474. The zero-order chi connectivity index (χ0) is 19.9. The minimum atomic E-state index is -0.330. The number of thioether (sulfide) groups is 1. The van der Waals surface area contributed by atoms with Crippen molar-refractivity contribution in [2.45, 2.75) is 38.6 Å². The smallest absolute Gasteiger partial charge is 0.324 e. The quantitative estimate of drug-likeness (QED) is 0.647. The number of amides is 3. The highest BCUT2D eigenvalue weighted by molar-refractivity contribution is 7.99. The van der Waals surface area contributed by atoms with Gasteiger partial charge in [0.15, 0.2) is 11.0 Å². The van der Waals surface area contributed by atoms with Crippen LogP contribution in [0.2, 0.25) is 0 Å². The van der Waals surface area contributed by atoms with E-state index in [1.165, 1.54) is 16.7 Å². The summed E-state index contributed by atoms with van der Waals surface area (Å²) in [6.45, 7) is 6.28. The average molecular weight is 404 g/mol. The number of rotatable bonds is 9. The molecule has 1 aromatic carbocycles. The maximum atomic E-state index is 12.3. The Bertz CT molecular complexity index is 809. The van der Waals surface area contributed by atoms with Gasteiger partial charge in [0.05, 0.1) is 5.75 Å². The van der Waals surface area contributed by atoms with Crippen molar-refractivity contribution in [1.29, 1.82) is 0 Å². The summed E-state index contributed by atoms with van der Waals surface area (Å²) in [4.78, 5) is 25.2. The molecule has 0 saturated carbocycles. The molecule has 9 heteroatoms. The van der Waals surface area contributed by atoms with Crippen LogP contribution in [0.1, 0.15) is 26.1 Å². The molecule has 8 nitrogen and oxygen atoms in total. The summed E-state index contributed by atoms with van der Waals surface area (Å²) in [6, 6.07) is 9.23. The van der Waals surface area contributed by atoms with Crippen LogP contribution in [-0.4, -0.2) is 50.4 Å². The van der Waals surface area contributed by atoms with Crippen LogP contribution in [0.15, 0.2) is 35.5 Å². The Hall–Kier alpha value is -2.55. The van der Waals surface area contributed by atoms with Crippen molar-refractivity contribution >= 4 is 23.7 Å². The number of hydrogen-bond donors (Lipinski definition) is 1. The Morgan fingerprint density at radius 2 is 2.07 bits per heavy atom. The molecular formula is C19H25N5O3S. The molecule has 3 amide bonds. The lowest BCUT2D eigenvalue weighted by Gasteiger charge is -2.14. The topological polar surface area (TPSA) is 89.3 Å². The van der Waals surface area contributed by atoms with Gasteiger partial charge in [-0.05, 0) is 24.5 Å². The van der Waals surface area contributed by atoms with Crippen molar-refractivity contribution in [1.82, 2.24) is 25.0 Å². The molecule has 0 bridgehead atoms. The van der Waals surface area contributed by atoms with E-state index in [1.807, 2.05) is 34.9 Å². The molecule has 1 saturated heterocycles. The third-order valence-corrected chi connectivity index (χ3v) is 5.27. The number of carbonyl (C=O) groups excluding carboxylic acids is 2. The van der Waals surface area contributed by atoms with Gasteiger partial charge >= 0.3 is 6.03 Å². The minimum absolute atomic E-state index is 0.146. The summed E-state index contributed by atoms with van der Waals surface area (Å²) >= 11 is 1.30. The van der Waals surface area contributed by atoms with E-state index in [0.29, 0.717) is 30.8 Å². The molecule has 0 atom stereocenters.